The van der Waals surface area contributed by atoms with Crippen LogP contribution in [0.15, 0.2) is 78.4 Å². The minimum atomic E-state index is -0.809. The monoisotopic (exact) mass is 501 g/mol. The average molecular weight is 502 g/mol. The molecule has 192 valence electrons. The van der Waals surface area contributed by atoms with Crippen molar-refractivity contribution in [2.24, 2.45) is 0 Å². The van der Waals surface area contributed by atoms with Crippen LogP contribution in [0.25, 0.3) is 5.76 Å². The maximum Gasteiger partial charge on any atom is 0.295 e. The van der Waals surface area contributed by atoms with Gasteiger partial charge in [0.2, 0.25) is 0 Å². The van der Waals surface area contributed by atoms with Gasteiger partial charge in [-0.1, -0.05) is 30.3 Å². The summed E-state index contributed by atoms with van der Waals surface area (Å²) in [6.45, 7) is 6.07. The third-order valence-electron chi connectivity index (χ3n) is 6.16. The van der Waals surface area contributed by atoms with Crippen molar-refractivity contribution < 1.29 is 28.9 Å². The lowest BCUT2D eigenvalue weighted by molar-refractivity contribution is -0.140. The molecule has 1 heterocycles. The molecule has 1 aliphatic heterocycles. The fourth-order valence-corrected chi connectivity index (χ4v) is 4.39. The third kappa shape index (κ3) is 5.67. The lowest BCUT2D eigenvalue weighted by Gasteiger charge is -2.26. The number of aryl methyl sites for hydroxylation is 1. The SMILES string of the molecule is COc1ccc(/C(O)=C2\C(=O)C(=O)N(CCOC(C)C)C2c2cccc(Oc3ccccc3)c2)c(C)c1. The van der Waals surface area contributed by atoms with E-state index in [9.17, 15) is 14.7 Å². The van der Waals surface area contributed by atoms with Crippen LogP contribution in [0.4, 0.5) is 0 Å². The summed E-state index contributed by atoms with van der Waals surface area (Å²) in [5, 5.41) is 11.4. The van der Waals surface area contributed by atoms with E-state index in [0.717, 1.165) is 0 Å². The van der Waals surface area contributed by atoms with E-state index in [1.165, 1.54) is 4.90 Å². The van der Waals surface area contributed by atoms with Crippen molar-refractivity contribution in [3.8, 4) is 17.2 Å². The Labute approximate surface area is 216 Å². The molecule has 0 aliphatic carbocycles. The number of likely N-dealkylation sites (tertiary alicyclic amines) is 1. The summed E-state index contributed by atoms with van der Waals surface area (Å²) in [4.78, 5) is 28.0. The molecule has 1 fully saturated rings. The standard InChI is InChI=1S/C30H31NO6/c1-19(2)36-16-15-31-27(21-9-8-12-24(18-21)37-22-10-6-5-7-11-22)26(29(33)30(31)34)28(32)25-14-13-23(35-4)17-20(25)3/h5-14,17-19,27,32H,15-16H2,1-4H3/b28-26+. The number of hydrogen-bond donors (Lipinski definition) is 1. The minimum absolute atomic E-state index is 0.0275. The summed E-state index contributed by atoms with van der Waals surface area (Å²) < 4.78 is 16.9. The van der Waals surface area contributed by atoms with E-state index in [1.807, 2.05) is 57.2 Å². The van der Waals surface area contributed by atoms with E-state index in [4.69, 9.17) is 14.2 Å². The first-order valence-electron chi connectivity index (χ1n) is 12.2. The second kappa shape index (κ2) is 11.3. The Kier molecular flexibility index (Phi) is 7.94. The van der Waals surface area contributed by atoms with Crippen molar-refractivity contribution >= 4 is 17.4 Å². The molecule has 0 spiro atoms. The van der Waals surface area contributed by atoms with Crippen LogP contribution in [0.1, 0.15) is 36.6 Å². The van der Waals surface area contributed by atoms with Crippen LogP contribution in [0.2, 0.25) is 0 Å². The van der Waals surface area contributed by atoms with E-state index in [-0.39, 0.29) is 30.6 Å². The number of hydrogen-bond acceptors (Lipinski definition) is 6. The molecule has 0 saturated carbocycles. The van der Waals surface area contributed by atoms with Gasteiger partial charge in [-0.15, -0.1) is 0 Å². The molecule has 0 radical (unpaired) electrons. The van der Waals surface area contributed by atoms with Gasteiger partial charge in [-0.3, -0.25) is 9.59 Å². The summed E-state index contributed by atoms with van der Waals surface area (Å²) >= 11 is 0. The number of aliphatic hydroxyl groups is 1. The Morgan fingerprint density at radius 1 is 0.946 bits per heavy atom. The van der Waals surface area contributed by atoms with E-state index < -0.39 is 17.7 Å². The maximum atomic E-state index is 13.3. The molecular weight excluding hydrogens is 470 g/mol. The fraction of sp³-hybridized carbons (Fsp3) is 0.267. The molecule has 7 nitrogen and oxygen atoms in total. The van der Waals surface area contributed by atoms with Gasteiger partial charge in [-0.25, -0.2) is 0 Å². The van der Waals surface area contributed by atoms with Crippen molar-refractivity contribution in [1.82, 2.24) is 4.90 Å². The van der Waals surface area contributed by atoms with Crippen LogP contribution in [-0.4, -0.2) is 48.1 Å². The second-order valence-electron chi connectivity index (χ2n) is 9.08. The molecule has 1 atom stereocenters. The highest BCUT2D eigenvalue weighted by molar-refractivity contribution is 6.46. The number of benzene rings is 3. The van der Waals surface area contributed by atoms with Crippen molar-refractivity contribution in [3.05, 3.63) is 95.1 Å². The zero-order chi connectivity index (χ0) is 26.5. The first-order valence-corrected chi connectivity index (χ1v) is 12.2. The number of ether oxygens (including phenoxy) is 3. The molecule has 1 unspecified atom stereocenters. The first kappa shape index (κ1) is 26.0. The van der Waals surface area contributed by atoms with Gasteiger partial charge in [0.25, 0.3) is 11.7 Å². The average Bonchev–Trinajstić information content (AvgIpc) is 3.14. The second-order valence-corrected chi connectivity index (χ2v) is 9.08. The molecule has 3 aromatic carbocycles. The number of methoxy groups -OCH3 is 1. The molecule has 4 rings (SSSR count). The number of ketones is 1. The largest absolute Gasteiger partial charge is 0.507 e. The quantitative estimate of drug-likeness (QED) is 0.232. The van der Waals surface area contributed by atoms with Crippen LogP contribution in [-0.2, 0) is 14.3 Å². The molecule has 37 heavy (non-hydrogen) atoms. The molecule has 0 aromatic heterocycles. The Morgan fingerprint density at radius 2 is 1.68 bits per heavy atom. The van der Waals surface area contributed by atoms with Gasteiger partial charge >= 0.3 is 0 Å². The zero-order valence-electron chi connectivity index (χ0n) is 21.4. The number of aliphatic hydroxyl groups excluding tert-OH is 1. The highest BCUT2D eigenvalue weighted by Gasteiger charge is 2.46. The van der Waals surface area contributed by atoms with Gasteiger partial charge in [0.1, 0.15) is 23.0 Å². The van der Waals surface area contributed by atoms with Crippen LogP contribution in [0, 0.1) is 6.92 Å². The summed E-state index contributed by atoms with van der Waals surface area (Å²) in [7, 11) is 1.56. The number of nitrogens with zero attached hydrogens (tertiary/aromatic N) is 1. The van der Waals surface area contributed by atoms with Gasteiger partial charge in [-0.05, 0) is 74.4 Å². The van der Waals surface area contributed by atoms with Crippen molar-refractivity contribution in [1.29, 1.82) is 0 Å². The van der Waals surface area contributed by atoms with Crippen LogP contribution < -0.4 is 9.47 Å². The molecule has 1 N–H and O–H groups in total. The molecule has 7 heteroatoms. The Morgan fingerprint density at radius 3 is 2.35 bits per heavy atom. The third-order valence-corrected chi connectivity index (χ3v) is 6.16. The molecule has 0 bridgehead atoms. The maximum absolute atomic E-state index is 13.3. The Hall–Kier alpha value is -4.10. The number of carbonyl (C=O) groups is 2. The Bertz CT molecular complexity index is 1310. The zero-order valence-corrected chi connectivity index (χ0v) is 21.4. The smallest absolute Gasteiger partial charge is 0.295 e. The topological polar surface area (TPSA) is 85.3 Å². The number of amides is 1. The molecular formula is C30H31NO6. The predicted octanol–water partition coefficient (Wildman–Crippen LogP) is 5.64. The van der Waals surface area contributed by atoms with E-state index in [2.05, 4.69) is 0 Å². The highest BCUT2D eigenvalue weighted by Crippen LogP contribution is 2.41. The fourth-order valence-electron chi connectivity index (χ4n) is 4.39. The van der Waals surface area contributed by atoms with Crippen molar-refractivity contribution in [3.63, 3.8) is 0 Å². The van der Waals surface area contributed by atoms with E-state index in [0.29, 0.717) is 33.9 Å². The van der Waals surface area contributed by atoms with Gasteiger partial charge < -0.3 is 24.2 Å². The Balaban J connectivity index is 1.79. The first-order chi connectivity index (χ1) is 17.8. The number of para-hydroxylation sites is 1. The van der Waals surface area contributed by atoms with E-state index >= 15 is 0 Å². The van der Waals surface area contributed by atoms with Gasteiger partial charge in [0.05, 0.1) is 31.4 Å². The van der Waals surface area contributed by atoms with Crippen molar-refractivity contribution in [2.45, 2.75) is 32.9 Å². The molecule has 1 amide bonds. The summed E-state index contributed by atoms with van der Waals surface area (Å²) in [5.74, 6) is 0.185. The van der Waals surface area contributed by atoms with Gasteiger partial charge in [-0.2, -0.15) is 0 Å². The predicted molar refractivity (Wildman–Crippen MR) is 141 cm³/mol. The molecule has 3 aromatic rings. The number of Topliss-reactive ketones (excluding diaryl/α,β-unsaturated/α-hetero) is 1. The summed E-state index contributed by atoms with van der Waals surface area (Å²) in [6.07, 6.45) is -0.0279. The van der Waals surface area contributed by atoms with Gasteiger partial charge in [0, 0.05) is 12.1 Å². The normalized spacial score (nSPS) is 16.9. The highest BCUT2D eigenvalue weighted by atomic mass is 16.5. The van der Waals surface area contributed by atoms with E-state index in [1.54, 1.807) is 43.5 Å². The lowest BCUT2D eigenvalue weighted by Crippen LogP contribution is -2.33. The summed E-state index contributed by atoms with van der Waals surface area (Å²) in [6, 6.07) is 20.9. The number of carbonyl (C=O) groups excluding carboxylic acids is 2. The van der Waals surface area contributed by atoms with Crippen molar-refractivity contribution in [2.75, 3.05) is 20.3 Å². The molecule has 1 saturated heterocycles. The van der Waals surface area contributed by atoms with Gasteiger partial charge in [0.15, 0.2) is 0 Å². The lowest BCUT2D eigenvalue weighted by atomic mass is 9.93. The molecule has 1 aliphatic rings. The van der Waals surface area contributed by atoms with Crippen LogP contribution >= 0.6 is 0 Å². The minimum Gasteiger partial charge on any atom is -0.507 e. The van der Waals surface area contributed by atoms with Crippen LogP contribution in [0.3, 0.4) is 0 Å². The number of rotatable bonds is 9. The summed E-state index contributed by atoms with van der Waals surface area (Å²) in [5.41, 5.74) is 1.84. The van der Waals surface area contributed by atoms with Crippen LogP contribution in [0.5, 0.6) is 17.2 Å².